The van der Waals surface area contributed by atoms with Crippen LogP contribution in [0.15, 0.2) is 180 Å². The van der Waals surface area contributed by atoms with Gasteiger partial charge in [0, 0.05) is 43.1 Å². The monoisotopic (exact) mass is 657 g/mol. The van der Waals surface area contributed by atoms with Crippen molar-refractivity contribution in [3.63, 3.8) is 0 Å². The molecule has 0 aliphatic carbocycles. The highest BCUT2D eigenvalue weighted by Gasteiger charge is 2.19. The lowest BCUT2D eigenvalue weighted by atomic mass is 9.93. The van der Waals surface area contributed by atoms with Crippen LogP contribution in [0.3, 0.4) is 0 Å². The number of rotatable bonds is 7. The molecule has 0 unspecified atom stereocenters. The average molecular weight is 658 g/mol. The Hall–Kier alpha value is -6.41. The van der Waals surface area contributed by atoms with Crippen LogP contribution in [0.25, 0.3) is 53.6 Å². The van der Waals surface area contributed by atoms with Gasteiger partial charge in [0.25, 0.3) is 0 Å². The summed E-state index contributed by atoms with van der Waals surface area (Å²) in [6, 6.07) is 60.8. The molecule has 4 heteroatoms. The van der Waals surface area contributed by atoms with Crippen LogP contribution in [0.1, 0.15) is 22.3 Å². The second kappa shape index (κ2) is 14.0. The molecule has 1 aromatic heterocycles. The number of aliphatic imine (C=N–C) groups is 2. The molecule has 7 aromatic carbocycles. The number of hydrogen-bond donors (Lipinski definition) is 0. The third-order valence-electron chi connectivity index (χ3n) is 8.86. The van der Waals surface area contributed by atoms with Crippen molar-refractivity contribution in [3.05, 3.63) is 192 Å². The van der Waals surface area contributed by atoms with Crippen LogP contribution in [-0.2, 0) is 6.54 Å². The fourth-order valence-corrected chi connectivity index (χ4v) is 7.79. The summed E-state index contributed by atoms with van der Waals surface area (Å²) in [5.41, 5.74) is 10.5. The number of hydrogen-bond acceptors (Lipinski definition) is 3. The SMILES string of the molecule is N#Cc1cccc(-c2ccc(C=NC(=NCc3ccccc3)c3ccccc3)c3c2sc2c(-c4ccccc4)cc(-c4ccccc4)cc23)c1. The molecule has 8 aromatic rings. The quantitative estimate of drug-likeness (QED) is 0.124. The number of thiophene rings is 1. The summed E-state index contributed by atoms with van der Waals surface area (Å²) < 4.78 is 2.37. The van der Waals surface area contributed by atoms with Gasteiger partial charge in [-0.1, -0.05) is 146 Å². The molecular formula is C46H31N3S. The molecule has 0 aliphatic rings. The van der Waals surface area contributed by atoms with Crippen molar-refractivity contribution in [1.29, 1.82) is 5.26 Å². The van der Waals surface area contributed by atoms with Gasteiger partial charge >= 0.3 is 0 Å². The molecule has 1 heterocycles. The lowest BCUT2D eigenvalue weighted by molar-refractivity contribution is 1.06. The Kier molecular flexibility index (Phi) is 8.64. The maximum Gasteiger partial charge on any atom is 0.154 e. The Morgan fingerprint density at radius 2 is 1.24 bits per heavy atom. The normalized spacial score (nSPS) is 11.7. The fraction of sp³-hybridized carbons (Fsp3) is 0.0217. The van der Waals surface area contributed by atoms with Crippen LogP contribution in [0.5, 0.6) is 0 Å². The largest absolute Gasteiger partial charge is 0.261 e. The van der Waals surface area contributed by atoms with Crippen LogP contribution in [0.4, 0.5) is 0 Å². The molecule has 0 fully saturated rings. The van der Waals surface area contributed by atoms with Crippen molar-refractivity contribution in [1.82, 2.24) is 0 Å². The molecule has 0 atom stereocenters. The predicted octanol–water partition coefficient (Wildman–Crippen LogP) is 12.0. The summed E-state index contributed by atoms with van der Waals surface area (Å²) in [5.74, 6) is 0.683. The summed E-state index contributed by atoms with van der Waals surface area (Å²) in [7, 11) is 0. The lowest BCUT2D eigenvalue weighted by Gasteiger charge is -2.10. The molecule has 0 aliphatic heterocycles. The molecule has 0 N–H and O–H groups in total. The summed E-state index contributed by atoms with van der Waals surface area (Å²) in [5, 5.41) is 12.0. The maximum absolute atomic E-state index is 9.74. The maximum atomic E-state index is 9.74. The molecular weight excluding hydrogens is 627 g/mol. The van der Waals surface area contributed by atoms with Gasteiger partial charge in [-0.2, -0.15) is 5.26 Å². The highest BCUT2D eigenvalue weighted by molar-refractivity contribution is 7.27. The minimum Gasteiger partial charge on any atom is -0.261 e. The Balaban J connectivity index is 1.38. The van der Waals surface area contributed by atoms with Gasteiger partial charge in [-0.15, -0.1) is 11.3 Å². The molecule has 0 saturated heterocycles. The van der Waals surface area contributed by atoms with E-state index < -0.39 is 0 Å². The number of fused-ring (bicyclic) bond motifs is 3. The first-order valence-electron chi connectivity index (χ1n) is 16.6. The molecule has 3 nitrogen and oxygen atoms in total. The summed E-state index contributed by atoms with van der Waals surface area (Å²) in [4.78, 5) is 10.1. The number of amidine groups is 1. The van der Waals surface area contributed by atoms with Gasteiger partial charge < -0.3 is 0 Å². The molecule has 0 amide bonds. The van der Waals surface area contributed by atoms with Crippen molar-refractivity contribution in [2.75, 3.05) is 0 Å². The van der Waals surface area contributed by atoms with Gasteiger partial charge in [-0.25, -0.2) is 4.99 Å². The summed E-state index contributed by atoms with van der Waals surface area (Å²) in [6.07, 6.45) is 1.97. The summed E-state index contributed by atoms with van der Waals surface area (Å²) in [6.45, 7) is 0.536. The van der Waals surface area contributed by atoms with Gasteiger partial charge in [-0.3, -0.25) is 4.99 Å². The zero-order chi connectivity index (χ0) is 33.7. The molecule has 0 bridgehead atoms. The van der Waals surface area contributed by atoms with E-state index in [1.54, 1.807) is 11.3 Å². The van der Waals surface area contributed by atoms with Crippen molar-refractivity contribution in [2.24, 2.45) is 9.98 Å². The smallest absolute Gasteiger partial charge is 0.154 e. The third-order valence-corrected chi connectivity index (χ3v) is 10.1. The zero-order valence-corrected chi connectivity index (χ0v) is 28.0. The van der Waals surface area contributed by atoms with E-state index in [0.29, 0.717) is 17.9 Å². The van der Waals surface area contributed by atoms with Crippen LogP contribution < -0.4 is 0 Å². The van der Waals surface area contributed by atoms with Gasteiger partial charge in [0.1, 0.15) is 0 Å². The van der Waals surface area contributed by atoms with E-state index in [0.717, 1.165) is 43.5 Å². The highest BCUT2D eigenvalue weighted by Crippen LogP contribution is 2.46. The van der Waals surface area contributed by atoms with E-state index >= 15 is 0 Å². The number of nitriles is 1. The lowest BCUT2D eigenvalue weighted by Crippen LogP contribution is -2.00. The van der Waals surface area contributed by atoms with E-state index in [1.807, 2.05) is 60.8 Å². The van der Waals surface area contributed by atoms with E-state index in [4.69, 9.17) is 9.98 Å². The standard InChI is InChI=1S/C46H31N3S/c47-29-33-16-13-23-37(26-33)40-25-24-38(31-49-46(36-21-11-4-12-22-36)48-30-32-14-5-1-6-15-32)43-42-28-39(34-17-7-2-8-18-34)27-41(44(42)50-45(40)43)35-19-9-3-10-20-35/h1-28,31H,30H2. The topological polar surface area (TPSA) is 48.5 Å². The van der Waals surface area contributed by atoms with E-state index in [1.165, 1.54) is 26.8 Å². The number of nitrogens with zero attached hydrogens (tertiary/aromatic N) is 3. The van der Waals surface area contributed by atoms with Crippen molar-refractivity contribution < 1.29 is 0 Å². The zero-order valence-electron chi connectivity index (χ0n) is 27.2. The van der Waals surface area contributed by atoms with Gasteiger partial charge in [0.2, 0.25) is 0 Å². The Labute approximate surface area is 295 Å². The minimum absolute atomic E-state index is 0.536. The van der Waals surface area contributed by atoms with Gasteiger partial charge in [0.05, 0.1) is 18.2 Å². The Morgan fingerprint density at radius 3 is 1.96 bits per heavy atom. The molecule has 0 radical (unpaired) electrons. The predicted molar refractivity (Wildman–Crippen MR) is 211 cm³/mol. The molecule has 50 heavy (non-hydrogen) atoms. The third kappa shape index (κ3) is 6.26. The van der Waals surface area contributed by atoms with E-state index in [9.17, 15) is 5.26 Å². The van der Waals surface area contributed by atoms with Crippen LogP contribution in [-0.4, -0.2) is 12.1 Å². The summed E-state index contributed by atoms with van der Waals surface area (Å²) >= 11 is 1.80. The second-order valence-corrected chi connectivity index (χ2v) is 13.1. The Morgan fingerprint density at radius 1 is 0.580 bits per heavy atom. The first-order valence-corrected chi connectivity index (χ1v) is 17.4. The van der Waals surface area contributed by atoms with Crippen molar-refractivity contribution in [2.45, 2.75) is 6.54 Å². The fourth-order valence-electron chi connectivity index (χ4n) is 6.40. The Bertz CT molecular complexity index is 2550. The first kappa shape index (κ1) is 30.9. The molecule has 8 rings (SSSR count). The van der Waals surface area contributed by atoms with E-state index in [-0.39, 0.29) is 0 Å². The van der Waals surface area contributed by atoms with Gasteiger partial charge in [0.15, 0.2) is 5.84 Å². The van der Waals surface area contributed by atoms with Crippen LogP contribution in [0, 0.1) is 11.3 Å². The average Bonchev–Trinajstić information content (AvgIpc) is 3.59. The highest BCUT2D eigenvalue weighted by atomic mass is 32.1. The molecule has 236 valence electrons. The second-order valence-electron chi connectivity index (χ2n) is 12.1. The first-order chi connectivity index (χ1) is 24.7. The molecule has 0 saturated carbocycles. The minimum atomic E-state index is 0.536. The van der Waals surface area contributed by atoms with Crippen molar-refractivity contribution in [3.8, 4) is 39.4 Å². The van der Waals surface area contributed by atoms with E-state index in [2.05, 4.69) is 121 Å². The molecule has 0 spiro atoms. The van der Waals surface area contributed by atoms with Crippen molar-refractivity contribution >= 4 is 43.6 Å². The van der Waals surface area contributed by atoms with Gasteiger partial charge in [-0.05, 0) is 57.6 Å². The van der Waals surface area contributed by atoms with Crippen LogP contribution >= 0.6 is 11.3 Å². The number of benzene rings is 7. The van der Waals surface area contributed by atoms with Crippen LogP contribution in [0.2, 0.25) is 0 Å².